The van der Waals surface area contributed by atoms with Gasteiger partial charge in [0.05, 0.1) is 13.2 Å². The summed E-state index contributed by atoms with van der Waals surface area (Å²) >= 11 is 0. The summed E-state index contributed by atoms with van der Waals surface area (Å²) in [5.74, 6) is -0.545. The van der Waals surface area contributed by atoms with Gasteiger partial charge >= 0.3 is 13.8 Å². The molecule has 3 N–H and O–H groups in total. The smallest absolute Gasteiger partial charge is 0.463 e. The van der Waals surface area contributed by atoms with Crippen molar-refractivity contribution in [3.8, 4) is 0 Å². The van der Waals surface area contributed by atoms with Gasteiger partial charge in [0.2, 0.25) is 5.91 Å². The Labute approximate surface area is 304 Å². The summed E-state index contributed by atoms with van der Waals surface area (Å²) < 4.78 is 26.7. The van der Waals surface area contributed by atoms with Gasteiger partial charge in [0.25, 0.3) is 0 Å². The molecule has 2 atom stereocenters. The van der Waals surface area contributed by atoms with Crippen LogP contribution in [0.3, 0.4) is 0 Å². The molecule has 0 aliphatic rings. The second kappa shape index (κ2) is 36.5. The fraction of sp³-hybridized carbons (Fsp3) is 0.700. The topological polar surface area (TPSA) is 131 Å². The van der Waals surface area contributed by atoms with E-state index < -0.39 is 26.5 Å². The Kier molecular flexibility index (Phi) is 34.8. The van der Waals surface area contributed by atoms with Gasteiger partial charge < -0.3 is 20.1 Å². The van der Waals surface area contributed by atoms with Crippen molar-refractivity contribution >= 4 is 19.7 Å². The van der Waals surface area contributed by atoms with Gasteiger partial charge in [-0.2, -0.15) is 0 Å². The van der Waals surface area contributed by atoms with Crippen LogP contribution in [0.25, 0.3) is 0 Å². The van der Waals surface area contributed by atoms with Gasteiger partial charge in [0.1, 0.15) is 12.7 Å². The van der Waals surface area contributed by atoms with E-state index in [4.69, 9.17) is 13.8 Å². The molecule has 0 rings (SSSR count). The Balaban J connectivity index is 3.68. The van der Waals surface area contributed by atoms with E-state index in [0.717, 1.165) is 83.5 Å². The van der Waals surface area contributed by atoms with E-state index in [-0.39, 0.29) is 32.1 Å². The molecule has 0 aromatic rings. The summed E-state index contributed by atoms with van der Waals surface area (Å²) in [6, 6.07) is 0. The number of carbonyl (C=O) groups is 2. The highest BCUT2D eigenvalue weighted by Gasteiger charge is 2.23. The van der Waals surface area contributed by atoms with Crippen LogP contribution >= 0.6 is 7.82 Å². The highest BCUT2D eigenvalue weighted by Crippen LogP contribution is 2.42. The van der Waals surface area contributed by atoms with Gasteiger partial charge in [-0.3, -0.25) is 18.6 Å². The molecule has 0 aliphatic heterocycles. The monoisotopic (exact) mass is 723 g/mol. The molecule has 10 heteroatoms. The molecule has 0 fully saturated rings. The van der Waals surface area contributed by atoms with Crippen LogP contribution in [0.15, 0.2) is 60.8 Å². The molecule has 50 heavy (non-hydrogen) atoms. The zero-order chi connectivity index (χ0) is 36.8. The fourth-order valence-electron chi connectivity index (χ4n) is 4.82. The van der Waals surface area contributed by atoms with Crippen molar-refractivity contribution < 1.29 is 37.9 Å². The van der Waals surface area contributed by atoms with Crippen LogP contribution in [0.1, 0.15) is 149 Å². The Morgan fingerprint density at radius 1 is 0.640 bits per heavy atom. The van der Waals surface area contributed by atoms with Gasteiger partial charge in [-0.05, 0) is 57.8 Å². The van der Waals surface area contributed by atoms with Gasteiger partial charge in [-0.1, -0.05) is 139 Å². The molecule has 0 radical (unpaired) electrons. The van der Waals surface area contributed by atoms with E-state index in [0.29, 0.717) is 12.8 Å². The molecule has 0 heterocycles. The minimum atomic E-state index is -4.41. The maximum absolute atomic E-state index is 12.0. The number of rotatable bonds is 35. The van der Waals surface area contributed by atoms with Crippen LogP contribution in [-0.2, 0) is 27.9 Å². The van der Waals surface area contributed by atoms with E-state index >= 15 is 0 Å². The highest BCUT2D eigenvalue weighted by atomic mass is 31.2. The van der Waals surface area contributed by atoms with E-state index in [1.165, 1.54) is 32.1 Å². The van der Waals surface area contributed by atoms with Gasteiger partial charge in [0, 0.05) is 19.4 Å². The zero-order valence-corrected chi connectivity index (χ0v) is 32.2. The molecular weight excluding hydrogens is 653 g/mol. The third-order valence-electron chi connectivity index (χ3n) is 7.71. The number of aliphatic hydroxyl groups is 1. The predicted molar refractivity (Wildman–Crippen MR) is 206 cm³/mol. The molecule has 1 amide bonds. The van der Waals surface area contributed by atoms with Gasteiger partial charge in [-0.25, -0.2) is 4.57 Å². The second-order valence-electron chi connectivity index (χ2n) is 12.5. The maximum Gasteiger partial charge on any atom is 0.472 e. The number of allylic oxidation sites excluding steroid dienone is 10. The molecule has 0 aromatic carbocycles. The largest absolute Gasteiger partial charge is 0.472 e. The number of carbonyl (C=O) groups excluding carboxylic acids is 2. The number of hydrogen-bond acceptors (Lipinski definition) is 7. The summed E-state index contributed by atoms with van der Waals surface area (Å²) in [5.41, 5.74) is 0. The van der Waals surface area contributed by atoms with Crippen molar-refractivity contribution in [2.45, 2.75) is 155 Å². The molecule has 0 aliphatic carbocycles. The minimum Gasteiger partial charge on any atom is -0.463 e. The predicted octanol–water partition coefficient (Wildman–Crippen LogP) is 10.2. The molecule has 0 bridgehead atoms. The van der Waals surface area contributed by atoms with Crippen LogP contribution in [0.5, 0.6) is 0 Å². The third kappa shape index (κ3) is 37.0. The summed E-state index contributed by atoms with van der Waals surface area (Å²) in [6.45, 7) is 3.36. The van der Waals surface area contributed by atoms with Crippen LogP contribution in [0, 0.1) is 0 Å². The second-order valence-corrected chi connectivity index (χ2v) is 14.0. The summed E-state index contributed by atoms with van der Waals surface area (Å²) in [5, 5.41) is 12.6. The average molecular weight is 724 g/mol. The lowest BCUT2D eigenvalue weighted by molar-refractivity contribution is -0.147. The van der Waals surface area contributed by atoms with E-state index in [1.807, 2.05) is 0 Å². The summed E-state index contributed by atoms with van der Waals surface area (Å²) in [7, 11) is -4.41. The Morgan fingerprint density at radius 2 is 1.14 bits per heavy atom. The van der Waals surface area contributed by atoms with Crippen LogP contribution in [0.4, 0.5) is 0 Å². The summed E-state index contributed by atoms with van der Waals surface area (Å²) in [4.78, 5) is 33.7. The van der Waals surface area contributed by atoms with Gasteiger partial charge in [0.15, 0.2) is 0 Å². The fourth-order valence-corrected chi connectivity index (χ4v) is 5.57. The highest BCUT2D eigenvalue weighted by molar-refractivity contribution is 7.47. The number of ether oxygens (including phenoxy) is 1. The Morgan fingerprint density at radius 3 is 1.72 bits per heavy atom. The Hall–Kier alpha value is -2.29. The Bertz CT molecular complexity index is 1010. The quantitative estimate of drug-likeness (QED) is 0.0255. The zero-order valence-electron chi connectivity index (χ0n) is 31.3. The molecule has 0 aromatic heterocycles. The van der Waals surface area contributed by atoms with Crippen molar-refractivity contribution in [2.75, 3.05) is 26.4 Å². The standard InChI is InChI=1S/C40H70NO8P/c1-3-5-7-9-11-13-14-15-16-17-18-19-20-21-22-23-24-25-27-29-31-33-40(44)47-36-38(42)37-49-50(45,46)48-35-34-41-39(43)32-30-28-26-12-10-8-6-4-2/h5,7,11,13,15-16,18-19,21-22,38,42H,3-4,6,8-10,12,14,17,20,23-37H2,1-2H3,(H,41,43)(H,45,46)/b7-5-,13-11-,16-15-,19-18-,22-21-. The first-order valence-electron chi connectivity index (χ1n) is 19.3. The lowest BCUT2D eigenvalue weighted by atomic mass is 10.1. The molecule has 0 spiro atoms. The van der Waals surface area contributed by atoms with Crippen LogP contribution in [-0.4, -0.2) is 54.3 Å². The first kappa shape index (κ1) is 47.7. The number of hydrogen-bond donors (Lipinski definition) is 3. The lowest BCUT2D eigenvalue weighted by Crippen LogP contribution is -2.27. The van der Waals surface area contributed by atoms with Crippen molar-refractivity contribution in [1.29, 1.82) is 0 Å². The van der Waals surface area contributed by atoms with Crippen molar-refractivity contribution in [3.63, 3.8) is 0 Å². The SMILES string of the molecule is CC/C=C\C/C=C\C/C=C\C/C=C\C/C=C\CCCCCCCC(=O)OCC(O)COP(=O)(O)OCCNC(=O)CCCCCCCCCC. The van der Waals surface area contributed by atoms with Crippen molar-refractivity contribution in [3.05, 3.63) is 60.8 Å². The van der Waals surface area contributed by atoms with E-state index in [2.05, 4.69) is 79.9 Å². The first-order valence-corrected chi connectivity index (χ1v) is 20.8. The molecular formula is C40H70NO8P. The minimum absolute atomic E-state index is 0.0776. The number of phosphoric ester groups is 1. The number of unbranched alkanes of at least 4 members (excludes halogenated alkanes) is 12. The van der Waals surface area contributed by atoms with Gasteiger partial charge in [-0.15, -0.1) is 0 Å². The molecule has 288 valence electrons. The number of phosphoric acid groups is 1. The van der Waals surface area contributed by atoms with E-state index in [1.54, 1.807) is 0 Å². The average Bonchev–Trinajstić information content (AvgIpc) is 3.10. The summed E-state index contributed by atoms with van der Waals surface area (Å²) in [6.07, 6.45) is 41.6. The molecule has 0 saturated heterocycles. The molecule has 2 unspecified atom stereocenters. The number of nitrogens with one attached hydrogen (secondary N) is 1. The lowest BCUT2D eigenvalue weighted by Gasteiger charge is -2.15. The third-order valence-corrected chi connectivity index (χ3v) is 8.70. The molecule has 0 saturated carbocycles. The number of aliphatic hydroxyl groups excluding tert-OH is 1. The molecule has 9 nitrogen and oxygen atoms in total. The number of amides is 1. The first-order chi connectivity index (χ1) is 24.3. The van der Waals surface area contributed by atoms with Crippen molar-refractivity contribution in [2.24, 2.45) is 0 Å². The number of esters is 1. The maximum atomic E-state index is 12.0. The van der Waals surface area contributed by atoms with Crippen LogP contribution < -0.4 is 5.32 Å². The van der Waals surface area contributed by atoms with Crippen LogP contribution in [0.2, 0.25) is 0 Å². The van der Waals surface area contributed by atoms with E-state index in [9.17, 15) is 24.2 Å². The van der Waals surface area contributed by atoms with Crippen molar-refractivity contribution in [1.82, 2.24) is 5.32 Å². The normalized spacial score (nSPS) is 14.1.